The van der Waals surface area contributed by atoms with Crippen LogP contribution in [0.2, 0.25) is 0 Å². The molecular weight excluding hydrogens is 448 g/mol. The van der Waals surface area contributed by atoms with Crippen molar-refractivity contribution in [3.8, 4) is 0 Å². The Morgan fingerprint density at radius 3 is 1.74 bits per heavy atom. The maximum Gasteiger partial charge on any atom is 0.331 e. The molecule has 0 radical (unpaired) electrons. The fourth-order valence-electron chi connectivity index (χ4n) is 5.78. The number of hydrogen-bond acceptors (Lipinski definition) is 7. The molecule has 1 heterocycles. The molecule has 4 aliphatic rings. The van der Waals surface area contributed by atoms with Crippen LogP contribution < -0.4 is 0 Å². The second-order valence-electron chi connectivity index (χ2n) is 9.97. The molecule has 4 atom stereocenters. The molecule has 7 nitrogen and oxygen atoms in total. The molecule has 0 saturated carbocycles. The van der Waals surface area contributed by atoms with Gasteiger partial charge in [-0.2, -0.15) is 0 Å². The smallest absolute Gasteiger partial charge is 0.331 e. The van der Waals surface area contributed by atoms with Gasteiger partial charge in [0.15, 0.2) is 11.2 Å². The third-order valence-electron chi connectivity index (χ3n) is 7.19. The Labute approximate surface area is 202 Å². The van der Waals surface area contributed by atoms with Gasteiger partial charge in [0, 0.05) is 34.4 Å². The molecule has 35 heavy (non-hydrogen) atoms. The first-order valence-electron chi connectivity index (χ1n) is 11.2. The standard InChI is InChI=1S/C28H24O7/c1-6-20(29)34-27-16-10-8-9-11-17(16)28(35-21(30)7-2,23-22(27)24(31)33-25(23)32)19-14-15(26(3,4)5)12-13-18(19)27/h6-14,22-23H,1-2H2,3-5H3. The molecule has 2 bridgehead atoms. The minimum atomic E-state index is -1.69. The topological polar surface area (TPSA) is 96.0 Å². The Morgan fingerprint density at radius 1 is 0.829 bits per heavy atom. The van der Waals surface area contributed by atoms with E-state index in [4.69, 9.17) is 14.2 Å². The molecule has 2 aromatic rings. The number of carbonyl (C=O) groups is 4. The van der Waals surface area contributed by atoms with Crippen molar-refractivity contribution in [3.63, 3.8) is 0 Å². The Bertz CT molecular complexity index is 1350. The molecule has 4 unspecified atom stereocenters. The minimum Gasteiger partial charge on any atom is -0.445 e. The Balaban J connectivity index is 1.98. The van der Waals surface area contributed by atoms with Crippen LogP contribution in [0.1, 0.15) is 48.6 Å². The minimum absolute atomic E-state index is 0.300. The number of hydrogen-bond donors (Lipinski definition) is 0. The number of ether oxygens (including phenoxy) is 3. The van der Waals surface area contributed by atoms with Gasteiger partial charge >= 0.3 is 23.9 Å². The first kappa shape index (κ1) is 22.8. The van der Waals surface area contributed by atoms with Crippen molar-refractivity contribution in [1.82, 2.24) is 0 Å². The first-order chi connectivity index (χ1) is 16.5. The van der Waals surface area contributed by atoms with Gasteiger partial charge in [-0.25, -0.2) is 9.59 Å². The van der Waals surface area contributed by atoms with Gasteiger partial charge in [-0.15, -0.1) is 0 Å². The lowest BCUT2D eigenvalue weighted by Gasteiger charge is -2.57. The van der Waals surface area contributed by atoms with E-state index in [0.717, 1.165) is 17.7 Å². The zero-order valence-electron chi connectivity index (χ0n) is 19.6. The summed E-state index contributed by atoms with van der Waals surface area (Å²) in [5, 5.41) is 0. The lowest BCUT2D eigenvalue weighted by Crippen LogP contribution is -2.64. The van der Waals surface area contributed by atoms with E-state index in [2.05, 4.69) is 13.2 Å². The molecule has 0 aromatic heterocycles. The van der Waals surface area contributed by atoms with Crippen LogP contribution in [0.25, 0.3) is 0 Å². The lowest BCUT2D eigenvalue weighted by atomic mass is 9.49. The highest BCUT2D eigenvalue weighted by Crippen LogP contribution is 2.67. The second-order valence-corrected chi connectivity index (χ2v) is 9.97. The summed E-state index contributed by atoms with van der Waals surface area (Å²) in [5.74, 6) is -5.77. The van der Waals surface area contributed by atoms with Crippen molar-refractivity contribution in [1.29, 1.82) is 0 Å². The SMILES string of the molecule is C=CC(=O)OC12c3ccccc3C(OC(=O)C=C)(c3cc(C(C)(C)C)ccc31)C1C(=O)OC(=O)C12. The van der Waals surface area contributed by atoms with E-state index in [9.17, 15) is 19.2 Å². The highest BCUT2D eigenvalue weighted by atomic mass is 16.6. The molecule has 178 valence electrons. The summed E-state index contributed by atoms with van der Waals surface area (Å²) in [6.45, 7) is 13.1. The molecule has 0 N–H and O–H groups in total. The second kappa shape index (κ2) is 7.25. The summed E-state index contributed by atoms with van der Waals surface area (Å²) in [7, 11) is 0. The summed E-state index contributed by atoms with van der Waals surface area (Å²) in [4.78, 5) is 51.9. The maximum atomic E-state index is 13.3. The van der Waals surface area contributed by atoms with E-state index in [1.165, 1.54) is 0 Å². The van der Waals surface area contributed by atoms with E-state index in [0.29, 0.717) is 22.3 Å². The number of cyclic esters (lactones) is 2. The van der Waals surface area contributed by atoms with Crippen LogP contribution in [0, 0.1) is 11.8 Å². The molecule has 3 aliphatic carbocycles. The molecule has 1 saturated heterocycles. The maximum absolute atomic E-state index is 13.3. The van der Waals surface area contributed by atoms with Gasteiger partial charge in [0.2, 0.25) is 0 Å². The third kappa shape index (κ3) is 2.78. The summed E-state index contributed by atoms with van der Waals surface area (Å²) in [5.41, 5.74) is -0.971. The third-order valence-corrected chi connectivity index (χ3v) is 7.19. The fraction of sp³-hybridized carbons (Fsp3) is 0.286. The largest absolute Gasteiger partial charge is 0.445 e. The van der Waals surface area contributed by atoms with Crippen molar-refractivity contribution in [3.05, 3.63) is 95.6 Å². The van der Waals surface area contributed by atoms with Crippen molar-refractivity contribution in [2.45, 2.75) is 37.4 Å². The number of rotatable bonds is 4. The Hall–Kier alpha value is -4.00. The van der Waals surface area contributed by atoms with Gasteiger partial charge in [0.05, 0.1) is 0 Å². The Morgan fingerprint density at radius 2 is 1.29 bits per heavy atom. The van der Waals surface area contributed by atoms with E-state index in [1.807, 2.05) is 32.9 Å². The van der Waals surface area contributed by atoms with E-state index >= 15 is 0 Å². The summed E-state index contributed by atoms with van der Waals surface area (Å²) in [6.07, 6.45) is 2.02. The normalized spacial score (nSPS) is 27.7. The number of esters is 4. The van der Waals surface area contributed by atoms with Crippen molar-refractivity contribution < 1.29 is 33.4 Å². The molecule has 7 heteroatoms. The van der Waals surface area contributed by atoms with Crippen molar-refractivity contribution in [2.75, 3.05) is 0 Å². The predicted molar refractivity (Wildman–Crippen MR) is 124 cm³/mol. The van der Waals surface area contributed by atoms with Gasteiger partial charge < -0.3 is 14.2 Å². The predicted octanol–water partition coefficient (Wildman–Crippen LogP) is 3.57. The van der Waals surface area contributed by atoms with Gasteiger partial charge in [-0.3, -0.25) is 9.59 Å². The average molecular weight is 472 g/mol. The zero-order valence-corrected chi connectivity index (χ0v) is 19.6. The monoisotopic (exact) mass is 472 g/mol. The first-order valence-corrected chi connectivity index (χ1v) is 11.2. The van der Waals surface area contributed by atoms with Crippen LogP contribution in [0.15, 0.2) is 67.8 Å². The van der Waals surface area contributed by atoms with Crippen LogP contribution in [-0.4, -0.2) is 23.9 Å². The number of carbonyl (C=O) groups excluding carboxylic acids is 4. The Kier molecular flexibility index (Phi) is 4.72. The van der Waals surface area contributed by atoms with Gasteiger partial charge in [0.25, 0.3) is 0 Å². The quantitative estimate of drug-likeness (QED) is 0.291. The fourth-order valence-corrected chi connectivity index (χ4v) is 5.78. The molecule has 0 amide bonds. The molecule has 2 aromatic carbocycles. The molecule has 6 rings (SSSR count). The molecule has 0 spiro atoms. The highest BCUT2D eigenvalue weighted by Gasteiger charge is 2.77. The molecular formula is C28H24O7. The van der Waals surface area contributed by atoms with Crippen LogP contribution in [0.5, 0.6) is 0 Å². The average Bonchev–Trinajstić information content (AvgIpc) is 3.14. The summed E-state index contributed by atoms with van der Waals surface area (Å²) < 4.78 is 17.2. The van der Waals surface area contributed by atoms with E-state index < -0.39 is 46.9 Å². The van der Waals surface area contributed by atoms with E-state index in [-0.39, 0.29) is 5.41 Å². The summed E-state index contributed by atoms with van der Waals surface area (Å²) >= 11 is 0. The van der Waals surface area contributed by atoms with Crippen molar-refractivity contribution in [2.24, 2.45) is 11.8 Å². The molecule has 1 fully saturated rings. The highest BCUT2D eigenvalue weighted by molar-refractivity contribution is 6.02. The van der Waals surface area contributed by atoms with Gasteiger partial charge in [-0.1, -0.05) is 76.4 Å². The zero-order chi connectivity index (χ0) is 25.3. The van der Waals surface area contributed by atoms with Crippen LogP contribution in [0.3, 0.4) is 0 Å². The van der Waals surface area contributed by atoms with Crippen LogP contribution in [0.4, 0.5) is 0 Å². The number of benzene rings is 2. The van der Waals surface area contributed by atoms with Gasteiger partial charge in [-0.05, 0) is 11.0 Å². The summed E-state index contributed by atoms with van der Waals surface area (Å²) in [6, 6.07) is 12.4. The van der Waals surface area contributed by atoms with Gasteiger partial charge in [0.1, 0.15) is 11.8 Å². The van der Waals surface area contributed by atoms with Crippen LogP contribution in [-0.2, 0) is 50.0 Å². The van der Waals surface area contributed by atoms with Crippen LogP contribution >= 0.6 is 0 Å². The van der Waals surface area contributed by atoms with E-state index in [1.54, 1.807) is 30.3 Å². The van der Waals surface area contributed by atoms with Crippen molar-refractivity contribution >= 4 is 23.9 Å². The lowest BCUT2D eigenvalue weighted by molar-refractivity contribution is -0.188. The molecule has 1 aliphatic heterocycles.